The number of Topliss-reactive ketones (excluding diaryl/α,β-unsaturated/α-hetero) is 1. The van der Waals surface area contributed by atoms with E-state index < -0.39 is 22.8 Å². The van der Waals surface area contributed by atoms with E-state index in [1.807, 2.05) is 13.0 Å². The lowest BCUT2D eigenvalue weighted by molar-refractivity contribution is -0.171. The first-order valence-electron chi connectivity index (χ1n) is 8.89. The molecule has 4 atom stereocenters. The number of aryl methyl sites for hydroxylation is 1. The minimum atomic E-state index is -2.31. The monoisotopic (exact) mass is 424 g/mol. The van der Waals surface area contributed by atoms with E-state index in [-0.39, 0.29) is 23.1 Å². The topological polar surface area (TPSA) is 83.8 Å². The number of rotatable bonds is 2. The molecule has 2 N–H and O–H groups in total. The number of phenolic OH excluding ortho intramolecular Hbond substituents is 1. The van der Waals surface area contributed by atoms with Crippen LogP contribution in [0.15, 0.2) is 10.5 Å². The van der Waals surface area contributed by atoms with Gasteiger partial charge in [0.2, 0.25) is 11.4 Å². The molecule has 0 amide bonds. The zero-order chi connectivity index (χ0) is 19.6. The van der Waals surface area contributed by atoms with Crippen LogP contribution in [0.5, 0.6) is 5.75 Å². The second kappa shape index (κ2) is 6.06. The van der Waals surface area contributed by atoms with Gasteiger partial charge in [-0.3, -0.25) is 4.79 Å². The third kappa shape index (κ3) is 2.18. The molecule has 142 valence electrons. The van der Waals surface area contributed by atoms with Crippen LogP contribution in [0.2, 0.25) is 0 Å². The fourth-order valence-electron chi connectivity index (χ4n) is 5.16. The minimum Gasteiger partial charge on any atom is -0.506 e. The van der Waals surface area contributed by atoms with Gasteiger partial charge >= 0.3 is 5.97 Å². The van der Waals surface area contributed by atoms with Crippen LogP contribution < -0.4 is 0 Å². The van der Waals surface area contributed by atoms with E-state index in [2.05, 4.69) is 29.8 Å². The summed E-state index contributed by atoms with van der Waals surface area (Å²) in [4.78, 5) is 25.9. The SMILES string of the molecule is COC(=O)[C@]1(O)C(=O)c2c(cc(C)c(Br)c2O)[C@H]2[C@@H](C(C)C)CC[C@]21C. The number of carbonyl (C=O) groups is 2. The highest BCUT2D eigenvalue weighted by atomic mass is 79.9. The minimum absolute atomic E-state index is 0.0328. The number of ketones is 1. The molecular weight excluding hydrogens is 400 g/mol. The average Bonchev–Trinajstić information content (AvgIpc) is 2.96. The Morgan fingerprint density at radius 1 is 1.42 bits per heavy atom. The molecule has 0 unspecified atom stereocenters. The Morgan fingerprint density at radius 2 is 2.04 bits per heavy atom. The molecule has 2 aliphatic rings. The number of aromatic hydroxyl groups is 1. The Balaban J connectivity index is 2.40. The first-order valence-corrected chi connectivity index (χ1v) is 9.69. The lowest BCUT2D eigenvalue weighted by Gasteiger charge is -2.49. The van der Waals surface area contributed by atoms with Gasteiger partial charge in [0.15, 0.2) is 0 Å². The normalized spacial score (nSPS) is 33.2. The van der Waals surface area contributed by atoms with E-state index in [4.69, 9.17) is 4.74 Å². The average molecular weight is 425 g/mol. The Labute approximate surface area is 161 Å². The molecule has 26 heavy (non-hydrogen) atoms. The van der Waals surface area contributed by atoms with Crippen LogP contribution in [-0.2, 0) is 9.53 Å². The van der Waals surface area contributed by atoms with Crippen LogP contribution in [0.25, 0.3) is 0 Å². The largest absolute Gasteiger partial charge is 0.506 e. The quantitative estimate of drug-likeness (QED) is 0.558. The summed E-state index contributed by atoms with van der Waals surface area (Å²) in [5, 5.41) is 22.1. The molecule has 3 rings (SSSR count). The first-order chi connectivity index (χ1) is 12.0. The number of ether oxygens (including phenoxy) is 1. The van der Waals surface area contributed by atoms with Crippen molar-refractivity contribution in [1.82, 2.24) is 0 Å². The molecule has 0 aliphatic heterocycles. The highest BCUT2D eigenvalue weighted by Gasteiger charge is 2.69. The molecule has 0 saturated heterocycles. The predicted molar refractivity (Wildman–Crippen MR) is 100 cm³/mol. The maximum atomic E-state index is 13.3. The van der Waals surface area contributed by atoms with E-state index in [0.717, 1.165) is 17.5 Å². The summed E-state index contributed by atoms with van der Waals surface area (Å²) >= 11 is 3.31. The lowest BCUT2D eigenvalue weighted by atomic mass is 9.55. The van der Waals surface area contributed by atoms with Crippen molar-refractivity contribution in [1.29, 1.82) is 0 Å². The summed E-state index contributed by atoms with van der Waals surface area (Å²) < 4.78 is 5.24. The lowest BCUT2D eigenvalue weighted by Crippen LogP contribution is -2.63. The van der Waals surface area contributed by atoms with Crippen LogP contribution in [0.1, 0.15) is 61.0 Å². The molecule has 0 heterocycles. The molecule has 1 saturated carbocycles. The number of benzene rings is 1. The number of halogens is 1. The number of hydrogen-bond acceptors (Lipinski definition) is 5. The summed E-state index contributed by atoms with van der Waals surface area (Å²) in [5.41, 5.74) is -1.72. The molecular formula is C20H25BrO5. The zero-order valence-electron chi connectivity index (χ0n) is 15.7. The summed E-state index contributed by atoms with van der Waals surface area (Å²) in [7, 11) is 1.17. The molecule has 1 aromatic carbocycles. The maximum Gasteiger partial charge on any atom is 0.346 e. The number of phenols is 1. The van der Waals surface area contributed by atoms with E-state index in [1.54, 1.807) is 6.92 Å². The van der Waals surface area contributed by atoms with Gasteiger partial charge in [-0.05, 0) is 64.6 Å². The van der Waals surface area contributed by atoms with Crippen molar-refractivity contribution in [3.8, 4) is 5.75 Å². The molecule has 2 aliphatic carbocycles. The van der Waals surface area contributed by atoms with Gasteiger partial charge in [0.25, 0.3) is 0 Å². The van der Waals surface area contributed by atoms with Crippen molar-refractivity contribution in [3.63, 3.8) is 0 Å². The standard InChI is InChI=1S/C20H25BrO5/c1-9(2)11-6-7-19(4)14(11)12-8-10(3)15(21)16(22)13(12)17(23)20(19,25)18(24)26-5/h8-9,11,14,22,25H,6-7H2,1-5H3/t11-,14-,19-,20-/m1/s1. The highest BCUT2D eigenvalue weighted by Crippen LogP contribution is 2.64. The number of fused-ring (bicyclic) bond motifs is 3. The Hall–Kier alpha value is -1.40. The number of carbonyl (C=O) groups excluding carboxylic acids is 2. The third-order valence-corrected chi connectivity index (χ3v) is 7.62. The number of methoxy groups -OCH3 is 1. The van der Waals surface area contributed by atoms with Crippen molar-refractivity contribution >= 4 is 27.7 Å². The number of esters is 1. The van der Waals surface area contributed by atoms with Gasteiger partial charge in [-0.15, -0.1) is 0 Å². The summed E-state index contributed by atoms with van der Waals surface area (Å²) in [6.45, 7) is 7.86. The van der Waals surface area contributed by atoms with Gasteiger partial charge in [0.1, 0.15) is 5.75 Å². The smallest absolute Gasteiger partial charge is 0.346 e. The van der Waals surface area contributed by atoms with Crippen molar-refractivity contribution in [2.24, 2.45) is 17.3 Å². The van der Waals surface area contributed by atoms with Crippen LogP contribution in [0.4, 0.5) is 0 Å². The van der Waals surface area contributed by atoms with Crippen LogP contribution in [0.3, 0.4) is 0 Å². The van der Waals surface area contributed by atoms with Crippen LogP contribution in [-0.4, -0.2) is 34.7 Å². The molecule has 6 heteroatoms. The van der Waals surface area contributed by atoms with E-state index in [9.17, 15) is 19.8 Å². The Bertz CT molecular complexity index is 802. The van der Waals surface area contributed by atoms with E-state index in [0.29, 0.717) is 16.8 Å². The predicted octanol–water partition coefficient (Wildman–Crippen LogP) is 3.72. The van der Waals surface area contributed by atoms with Crippen molar-refractivity contribution in [2.75, 3.05) is 7.11 Å². The van der Waals surface area contributed by atoms with Crippen LogP contribution in [0, 0.1) is 24.2 Å². The summed E-state index contributed by atoms with van der Waals surface area (Å²) in [6, 6.07) is 1.90. The maximum absolute atomic E-state index is 13.3. The second-order valence-electron chi connectivity index (χ2n) is 8.19. The van der Waals surface area contributed by atoms with Crippen molar-refractivity contribution in [2.45, 2.75) is 52.1 Å². The summed E-state index contributed by atoms with van der Waals surface area (Å²) in [5.74, 6) is -1.69. The van der Waals surface area contributed by atoms with Gasteiger partial charge in [0.05, 0.1) is 17.1 Å². The fraction of sp³-hybridized carbons (Fsp3) is 0.600. The second-order valence-corrected chi connectivity index (χ2v) is 8.99. The van der Waals surface area contributed by atoms with Gasteiger partial charge < -0.3 is 14.9 Å². The molecule has 5 nitrogen and oxygen atoms in total. The number of hydrogen-bond donors (Lipinski definition) is 2. The Morgan fingerprint density at radius 3 is 2.58 bits per heavy atom. The van der Waals surface area contributed by atoms with Gasteiger partial charge in [0, 0.05) is 5.41 Å². The van der Waals surface area contributed by atoms with Gasteiger partial charge in [-0.25, -0.2) is 4.79 Å². The van der Waals surface area contributed by atoms with Crippen molar-refractivity contribution < 1.29 is 24.5 Å². The van der Waals surface area contributed by atoms with Gasteiger partial charge in [-0.2, -0.15) is 0 Å². The summed E-state index contributed by atoms with van der Waals surface area (Å²) in [6.07, 6.45) is 1.33. The van der Waals surface area contributed by atoms with E-state index in [1.165, 1.54) is 7.11 Å². The fourth-order valence-corrected chi connectivity index (χ4v) is 5.47. The molecule has 1 fully saturated rings. The molecule has 1 aromatic rings. The highest BCUT2D eigenvalue weighted by molar-refractivity contribution is 9.10. The molecule has 0 spiro atoms. The Kier molecular flexibility index (Phi) is 4.51. The molecule has 0 radical (unpaired) electrons. The molecule has 0 bridgehead atoms. The third-order valence-electron chi connectivity index (χ3n) is 6.62. The number of aliphatic hydroxyl groups is 1. The van der Waals surface area contributed by atoms with E-state index >= 15 is 0 Å². The van der Waals surface area contributed by atoms with Crippen LogP contribution >= 0.6 is 15.9 Å². The first kappa shape index (κ1) is 19.4. The van der Waals surface area contributed by atoms with Gasteiger partial charge in [-0.1, -0.05) is 26.8 Å². The zero-order valence-corrected chi connectivity index (χ0v) is 17.3. The molecule has 0 aromatic heterocycles. The van der Waals surface area contributed by atoms with Crippen molar-refractivity contribution in [3.05, 3.63) is 27.2 Å².